The molecule has 1 aromatic carbocycles. The number of hydrogen-bond donors (Lipinski definition) is 3. The van der Waals surface area contributed by atoms with Crippen LogP contribution in [0.2, 0.25) is 0 Å². The Kier molecular flexibility index (Phi) is 6.16. The van der Waals surface area contributed by atoms with Crippen molar-refractivity contribution in [2.24, 2.45) is 11.7 Å². The zero-order valence-electron chi connectivity index (χ0n) is 13.8. The minimum Gasteiger partial charge on any atom is -0.355 e. The van der Waals surface area contributed by atoms with Crippen molar-refractivity contribution < 1.29 is 9.59 Å². The second-order valence-corrected chi connectivity index (χ2v) is 6.61. The first-order valence-corrected chi connectivity index (χ1v) is 8.36. The first-order chi connectivity index (χ1) is 11.0. The summed E-state index contributed by atoms with van der Waals surface area (Å²) in [6.45, 7) is 2.81. The van der Waals surface area contributed by atoms with E-state index in [1.807, 2.05) is 37.3 Å². The van der Waals surface area contributed by atoms with E-state index in [0.29, 0.717) is 13.1 Å². The average molecular weight is 317 g/mol. The summed E-state index contributed by atoms with van der Waals surface area (Å²) < 4.78 is 0. The zero-order chi connectivity index (χ0) is 16.7. The van der Waals surface area contributed by atoms with Gasteiger partial charge >= 0.3 is 0 Å². The molecule has 0 spiro atoms. The fraction of sp³-hybridized carbons (Fsp3) is 0.556. The summed E-state index contributed by atoms with van der Waals surface area (Å²) in [4.78, 5) is 24.1. The first kappa shape index (κ1) is 17.5. The monoisotopic (exact) mass is 317 g/mol. The van der Waals surface area contributed by atoms with E-state index in [0.717, 1.165) is 31.2 Å². The lowest BCUT2D eigenvalue weighted by atomic mass is 9.74. The Morgan fingerprint density at radius 3 is 2.65 bits per heavy atom. The van der Waals surface area contributed by atoms with Gasteiger partial charge in [0.15, 0.2) is 0 Å². The highest BCUT2D eigenvalue weighted by Crippen LogP contribution is 2.31. The number of carbonyl (C=O) groups is 2. The number of benzene rings is 1. The molecule has 1 aliphatic carbocycles. The van der Waals surface area contributed by atoms with E-state index in [9.17, 15) is 9.59 Å². The molecule has 4 N–H and O–H groups in total. The molecule has 2 atom stereocenters. The number of hydrogen-bond acceptors (Lipinski definition) is 3. The third-order valence-corrected chi connectivity index (χ3v) is 4.55. The van der Waals surface area contributed by atoms with Gasteiger partial charge in [-0.15, -0.1) is 0 Å². The molecule has 0 aliphatic heterocycles. The minimum absolute atomic E-state index is 0.0226. The molecular formula is C18H27N3O2. The summed E-state index contributed by atoms with van der Waals surface area (Å²) in [5.41, 5.74) is 6.85. The summed E-state index contributed by atoms with van der Waals surface area (Å²) in [5, 5.41) is 5.71. The highest BCUT2D eigenvalue weighted by atomic mass is 16.2. The van der Waals surface area contributed by atoms with Crippen molar-refractivity contribution >= 4 is 11.8 Å². The van der Waals surface area contributed by atoms with Gasteiger partial charge in [-0.25, -0.2) is 0 Å². The molecule has 5 heteroatoms. The van der Waals surface area contributed by atoms with Gasteiger partial charge in [0.1, 0.15) is 0 Å². The van der Waals surface area contributed by atoms with Gasteiger partial charge in [-0.2, -0.15) is 0 Å². The van der Waals surface area contributed by atoms with Crippen LogP contribution in [0.15, 0.2) is 30.3 Å². The molecule has 2 rings (SSSR count). The van der Waals surface area contributed by atoms with Crippen LogP contribution >= 0.6 is 0 Å². The van der Waals surface area contributed by atoms with Gasteiger partial charge in [0, 0.05) is 25.0 Å². The van der Waals surface area contributed by atoms with Crippen LogP contribution in [0.1, 0.15) is 44.6 Å². The average Bonchev–Trinajstić information content (AvgIpc) is 2.53. The smallest absolute Gasteiger partial charge is 0.224 e. The first-order valence-electron chi connectivity index (χ1n) is 8.36. The lowest BCUT2D eigenvalue weighted by molar-refractivity contribution is -0.128. The second kappa shape index (κ2) is 8.11. The SMILES string of the molecule is CC1(N)CCCCC1C(=O)NCCC(=O)NCc1ccccc1. The fourth-order valence-corrected chi connectivity index (χ4v) is 3.10. The Hall–Kier alpha value is -1.88. The molecular weight excluding hydrogens is 290 g/mol. The highest BCUT2D eigenvalue weighted by Gasteiger charge is 2.37. The van der Waals surface area contributed by atoms with E-state index in [4.69, 9.17) is 5.73 Å². The van der Waals surface area contributed by atoms with Crippen LogP contribution in [0, 0.1) is 5.92 Å². The summed E-state index contributed by atoms with van der Waals surface area (Å²) in [5.74, 6) is -0.234. The lowest BCUT2D eigenvalue weighted by Crippen LogP contribution is -2.53. The number of carbonyl (C=O) groups excluding carboxylic acids is 2. The molecule has 0 saturated heterocycles. The van der Waals surface area contributed by atoms with Crippen molar-refractivity contribution in [3.05, 3.63) is 35.9 Å². The Morgan fingerprint density at radius 2 is 1.96 bits per heavy atom. The number of rotatable bonds is 6. The Morgan fingerprint density at radius 1 is 1.22 bits per heavy atom. The van der Waals surface area contributed by atoms with E-state index < -0.39 is 5.54 Å². The molecule has 0 aromatic heterocycles. The molecule has 0 heterocycles. The largest absolute Gasteiger partial charge is 0.355 e. The Labute approximate surface area is 138 Å². The molecule has 2 amide bonds. The van der Waals surface area contributed by atoms with Gasteiger partial charge in [0.25, 0.3) is 0 Å². The lowest BCUT2D eigenvalue weighted by Gasteiger charge is -2.37. The van der Waals surface area contributed by atoms with Crippen molar-refractivity contribution in [2.75, 3.05) is 6.54 Å². The van der Waals surface area contributed by atoms with Gasteiger partial charge in [0.05, 0.1) is 5.92 Å². The van der Waals surface area contributed by atoms with Gasteiger partial charge in [-0.05, 0) is 25.3 Å². The highest BCUT2D eigenvalue weighted by molar-refractivity contribution is 5.81. The topological polar surface area (TPSA) is 84.2 Å². The summed E-state index contributed by atoms with van der Waals surface area (Å²) in [7, 11) is 0. The van der Waals surface area contributed by atoms with Crippen molar-refractivity contribution in [3.8, 4) is 0 Å². The molecule has 23 heavy (non-hydrogen) atoms. The maximum absolute atomic E-state index is 12.3. The fourth-order valence-electron chi connectivity index (χ4n) is 3.10. The maximum atomic E-state index is 12.3. The summed E-state index contributed by atoms with van der Waals surface area (Å²) in [6, 6.07) is 9.75. The molecule has 1 aromatic rings. The van der Waals surface area contributed by atoms with E-state index in [-0.39, 0.29) is 24.2 Å². The van der Waals surface area contributed by atoms with Crippen molar-refractivity contribution in [1.29, 1.82) is 0 Å². The van der Waals surface area contributed by atoms with Crippen LogP contribution in [0.3, 0.4) is 0 Å². The Balaban J connectivity index is 1.67. The van der Waals surface area contributed by atoms with Gasteiger partial charge in [-0.3, -0.25) is 9.59 Å². The van der Waals surface area contributed by atoms with E-state index in [2.05, 4.69) is 10.6 Å². The number of nitrogens with two attached hydrogens (primary N) is 1. The molecule has 0 radical (unpaired) electrons. The summed E-state index contributed by atoms with van der Waals surface area (Å²) >= 11 is 0. The van der Waals surface area contributed by atoms with Crippen LogP contribution in [0.5, 0.6) is 0 Å². The minimum atomic E-state index is -0.433. The molecule has 1 fully saturated rings. The normalized spacial score (nSPS) is 24.0. The zero-order valence-corrected chi connectivity index (χ0v) is 13.8. The maximum Gasteiger partial charge on any atom is 0.224 e. The van der Waals surface area contributed by atoms with E-state index >= 15 is 0 Å². The standard InChI is InChI=1S/C18H27N3O2/c1-18(19)11-6-5-9-15(18)17(23)20-12-10-16(22)21-13-14-7-3-2-4-8-14/h2-4,7-8,15H,5-6,9-13,19H2,1H3,(H,20,23)(H,21,22). The van der Waals surface area contributed by atoms with Crippen LogP contribution in [-0.4, -0.2) is 23.9 Å². The third-order valence-electron chi connectivity index (χ3n) is 4.55. The van der Waals surface area contributed by atoms with Crippen molar-refractivity contribution in [2.45, 2.75) is 51.1 Å². The van der Waals surface area contributed by atoms with Crippen LogP contribution in [0.4, 0.5) is 0 Å². The van der Waals surface area contributed by atoms with E-state index in [1.165, 1.54) is 0 Å². The quantitative estimate of drug-likeness (QED) is 0.747. The molecule has 126 valence electrons. The van der Waals surface area contributed by atoms with Crippen molar-refractivity contribution in [1.82, 2.24) is 10.6 Å². The molecule has 2 unspecified atom stereocenters. The number of nitrogens with one attached hydrogen (secondary N) is 2. The molecule has 5 nitrogen and oxygen atoms in total. The second-order valence-electron chi connectivity index (χ2n) is 6.61. The molecule has 1 saturated carbocycles. The third kappa shape index (κ3) is 5.36. The predicted molar refractivity (Wildman–Crippen MR) is 90.5 cm³/mol. The van der Waals surface area contributed by atoms with Gasteiger partial charge in [0.2, 0.25) is 11.8 Å². The Bertz CT molecular complexity index is 528. The van der Waals surface area contributed by atoms with Gasteiger partial charge < -0.3 is 16.4 Å². The molecule has 0 bridgehead atoms. The van der Waals surface area contributed by atoms with Crippen LogP contribution < -0.4 is 16.4 Å². The number of amides is 2. The van der Waals surface area contributed by atoms with E-state index in [1.54, 1.807) is 0 Å². The predicted octanol–water partition coefficient (Wildman–Crippen LogP) is 1.72. The summed E-state index contributed by atoms with van der Waals surface area (Å²) in [6.07, 6.45) is 4.12. The molecule has 1 aliphatic rings. The van der Waals surface area contributed by atoms with Crippen LogP contribution in [-0.2, 0) is 16.1 Å². The van der Waals surface area contributed by atoms with Crippen LogP contribution in [0.25, 0.3) is 0 Å². The van der Waals surface area contributed by atoms with Crippen molar-refractivity contribution in [3.63, 3.8) is 0 Å². The van der Waals surface area contributed by atoms with Gasteiger partial charge in [-0.1, -0.05) is 43.2 Å².